The Morgan fingerprint density at radius 3 is 2.22 bits per heavy atom. The van der Waals surface area contributed by atoms with Gasteiger partial charge in [0.15, 0.2) is 0 Å². The summed E-state index contributed by atoms with van der Waals surface area (Å²) in [5.74, 6) is 0.249. The number of hydrogen-bond donors (Lipinski definition) is 2. The number of carbonyl (C=O) groups is 1. The first kappa shape index (κ1) is 21.8. The normalized spacial score (nSPS) is 15.4. The van der Waals surface area contributed by atoms with E-state index in [2.05, 4.69) is 15.6 Å². The number of alkyl halides is 3. The first-order chi connectivity index (χ1) is 15.2. The van der Waals surface area contributed by atoms with Crippen LogP contribution in [0.15, 0.2) is 66.9 Å². The maximum absolute atomic E-state index is 12.8. The summed E-state index contributed by atoms with van der Waals surface area (Å²) in [6.07, 6.45) is 0.343. The third-order valence-corrected chi connectivity index (χ3v) is 5.61. The second kappa shape index (κ2) is 8.63. The van der Waals surface area contributed by atoms with Gasteiger partial charge in [-0.25, -0.2) is 14.9 Å². The van der Waals surface area contributed by atoms with Crippen LogP contribution in [0.2, 0.25) is 0 Å². The Kier molecular flexibility index (Phi) is 5.88. The van der Waals surface area contributed by atoms with Crippen molar-refractivity contribution in [1.29, 1.82) is 0 Å². The standard InChI is InChI=1S/C24H21F3N3O2/c25-24(26,27)19-4-3-5-20(14-19)29-22(31)30-21-11-8-17(15-28-21)16-6-9-18(10-7-16)23(32)12-1-2-13-23/h3-11,14-15H,1-2,12-13H2,(H2,28,29,30,31). The number of nitrogens with zero attached hydrogens (tertiary/aromatic N) is 1. The number of amides is 2. The van der Waals surface area contributed by atoms with E-state index in [4.69, 9.17) is 0 Å². The zero-order chi connectivity index (χ0) is 22.8. The van der Waals surface area contributed by atoms with Crippen molar-refractivity contribution in [3.63, 3.8) is 0 Å². The highest BCUT2D eigenvalue weighted by Crippen LogP contribution is 2.39. The summed E-state index contributed by atoms with van der Waals surface area (Å²) in [5.41, 5.74) is 0.690. The largest absolute Gasteiger partial charge is 0.416 e. The van der Waals surface area contributed by atoms with Crippen LogP contribution in [0.3, 0.4) is 0 Å². The number of nitrogens with one attached hydrogen (secondary N) is 2. The highest BCUT2D eigenvalue weighted by Gasteiger charge is 2.35. The van der Waals surface area contributed by atoms with Gasteiger partial charge in [0.2, 0.25) is 0 Å². The molecule has 1 radical (unpaired) electrons. The van der Waals surface area contributed by atoms with Crippen LogP contribution >= 0.6 is 0 Å². The van der Waals surface area contributed by atoms with Crippen molar-refractivity contribution in [2.24, 2.45) is 0 Å². The van der Waals surface area contributed by atoms with E-state index in [0.717, 1.165) is 41.7 Å². The number of hydrogen-bond acceptors (Lipinski definition) is 2. The molecule has 1 aromatic heterocycles. The second-order valence-corrected chi connectivity index (χ2v) is 7.87. The van der Waals surface area contributed by atoms with Crippen molar-refractivity contribution in [3.8, 4) is 11.1 Å². The van der Waals surface area contributed by atoms with Gasteiger partial charge >= 0.3 is 12.2 Å². The van der Waals surface area contributed by atoms with Gasteiger partial charge in [-0.1, -0.05) is 30.3 Å². The molecule has 3 aromatic rings. The summed E-state index contributed by atoms with van der Waals surface area (Å²) in [4.78, 5) is 16.3. The van der Waals surface area contributed by atoms with E-state index in [1.807, 2.05) is 24.3 Å². The Balaban J connectivity index is 1.39. The number of rotatable bonds is 4. The Morgan fingerprint density at radius 2 is 1.59 bits per heavy atom. The number of pyridine rings is 1. The van der Waals surface area contributed by atoms with Crippen LogP contribution in [-0.2, 0) is 16.9 Å². The number of carbonyl (C=O) groups excluding carboxylic acids is 1. The van der Waals surface area contributed by atoms with E-state index in [1.54, 1.807) is 18.3 Å². The van der Waals surface area contributed by atoms with Crippen LogP contribution in [0, 0.1) is 0 Å². The van der Waals surface area contributed by atoms with Crippen molar-refractivity contribution < 1.29 is 23.1 Å². The molecule has 2 amide bonds. The van der Waals surface area contributed by atoms with Crippen LogP contribution in [0.1, 0.15) is 36.8 Å². The van der Waals surface area contributed by atoms with Crippen LogP contribution < -0.4 is 10.6 Å². The predicted octanol–water partition coefficient (Wildman–Crippen LogP) is 6.61. The van der Waals surface area contributed by atoms with Crippen LogP contribution in [0.4, 0.5) is 29.5 Å². The van der Waals surface area contributed by atoms with Gasteiger partial charge in [-0.05, 0) is 67.1 Å². The monoisotopic (exact) mass is 440 g/mol. The highest BCUT2D eigenvalue weighted by atomic mass is 19.4. The minimum Gasteiger partial charge on any atom is -0.308 e. The lowest BCUT2D eigenvalue weighted by Gasteiger charge is -2.19. The fourth-order valence-corrected chi connectivity index (χ4v) is 3.89. The minimum absolute atomic E-state index is 0.0208. The Morgan fingerprint density at radius 1 is 0.906 bits per heavy atom. The van der Waals surface area contributed by atoms with Gasteiger partial charge in [-0.3, -0.25) is 5.32 Å². The highest BCUT2D eigenvalue weighted by molar-refractivity contribution is 5.99. The predicted molar refractivity (Wildman–Crippen MR) is 115 cm³/mol. The van der Waals surface area contributed by atoms with Gasteiger partial charge < -0.3 is 5.32 Å². The fourth-order valence-electron chi connectivity index (χ4n) is 3.89. The molecular weight excluding hydrogens is 419 g/mol. The van der Waals surface area contributed by atoms with Crippen molar-refractivity contribution in [2.75, 3.05) is 10.6 Å². The molecule has 1 fully saturated rings. The summed E-state index contributed by atoms with van der Waals surface area (Å²) in [5, 5.41) is 17.6. The third kappa shape index (κ3) is 4.91. The number of anilines is 2. The Labute approximate surface area is 183 Å². The molecule has 1 aliphatic carbocycles. The van der Waals surface area contributed by atoms with E-state index in [0.29, 0.717) is 12.8 Å². The lowest BCUT2D eigenvalue weighted by Crippen LogP contribution is -2.20. The van der Waals surface area contributed by atoms with Crippen molar-refractivity contribution in [3.05, 3.63) is 78.0 Å². The van der Waals surface area contributed by atoms with Gasteiger partial charge in [-0.15, -0.1) is 0 Å². The molecule has 1 aliphatic rings. The summed E-state index contributed by atoms with van der Waals surface area (Å²) in [6.45, 7) is 0. The van der Waals surface area contributed by atoms with E-state index in [9.17, 15) is 23.1 Å². The molecule has 4 rings (SSSR count). The molecule has 1 heterocycles. The van der Waals surface area contributed by atoms with Crippen LogP contribution in [0.25, 0.3) is 11.1 Å². The fraction of sp³-hybridized carbons (Fsp3) is 0.250. The molecular formula is C24H21F3N3O2. The molecule has 2 N–H and O–H groups in total. The average molecular weight is 440 g/mol. The zero-order valence-electron chi connectivity index (χ0n) is 17.1. The summed E-state index contributed by atoms with van der Waals surface area (Å²) in [7, 11) is 0. The maximum Gasteiger partial charge on any atom is 0.416 e. The van der Waals surface area contributed by atoms with Gasteiger partial charge in [0.25, 0.3) is 0 Å². The van der Waals surface area contributed by atoms with Gasteiger partial charge in [0, 0.05) is 17.4 Å². The first-order valence-corrected chi connectivity index (χ1v) is 10.3. The summed E-state index contributed by atoms with van der Waals surface area (Å²) < 4.78 is 38.4. The molecule has 2 aromatic carbocycles. The molecule has 1 saturated carbocycles. The van der Waals surface area contributed by atoms with Gasteiger partial charge in [0.05, 0.1) is 5.56 Å². The van der Waals surface area contributed by atoms with Gasteiger partial charge in [-0.2, -0.15) is 13.2 Å². The second-order valence-electron chi connectivity index (χ2n) is 7.87. The van der Waals surface area contributed by atoms with E-state index in [1.165, 1.54) is 12.1 Å². The van der Waals surface area contributed by atoms with Crippen LogP contribution in [0.5, 0.6) is 0 Å². The SMILES string of the molecule is [O]C1(c2ccc(-c3ccc(NC(=O)Nc4cccc(C(F)(F)F)c4)nc3)cc2)CCCC1. The number of halogens is 3. The van der Waals surface area contributed by atoms with Crippen molar-refractivity contribution in [1.82, 2.24) is 4.98 Å². The van der Waals surface area contributed by atoms with Crippen LogP contribution in [-0.4, -0.2) is 11.0 Å². The van der Waals surface area contributed by atoms with E-state index >= 15 is 0 Å². The first-order valence-electron chi connectivity index (χ1n) is 10.3. The number of aromatic nitrogens is 1. The molecule has 0 aliphatic heterocycles. The quantitative estimate of drug-likeness (QED) is 0.479. The lowest BCUT2D eigenvalue weighted by molar-refractivity contribution is -0.137. The van der Waals surface area contributed by atoms with Gasteiger partial charge in [0.1, 0.15) is 11.4 Å². The summed E-state index contributed by atoms with van der Waals surface area (Å²) in [6, 6.07) is 14.5. The zero-order valence-corrected chi connectivity index (χ0v) is 17.1. The molecule has 5 nitrogen and oxygen atoms in total. The molecule has 0 spiro atoms. The molecule has 0 unspecified atom stereocenters. The lowest BCUT2D eigenvalue weighted by atomic mass is 9.91. The molecule has 0 saturated heterocycles. The van der Waals surface area contributed by atoms with Crippen molar-refractivity contribution >= 4 is 17.5 Å². The maximum atomic E-state index is 12.8. The average Bonchev–Trinajstić information content (AvgIpc) is 3.22. The van der Waals surface area contributed by atoms with E-state index < -0.39 is 23.4 Å². The number of urea groups is 1. The molecule has 165 valence electrons. The topological polar surface area (TPSA) is 73.9 Å². The van der Waals surface area contributed by atoms with E-state index in [-0.39, 0.29) is 11.5 Å². The molecule has 0 atom stereocenters. The Bertz CT molecular complexity index is 1090. The molecule has 0 bridgehead atoms. The molecule has 8 heteroatoms. The summed E-state index contributed by atoms with van der Waals surface area (Å²) >= 11 is 0. The number of benzene rings is 2. The smallest absolute Gasteiger partial charge is 0.308 e. The molecule has 32 heavy (non-hydrogen) atoms. The minimum atomic E-state index is -4.49. The Hall–Kier alpha value is -3.39. The van der Waals surface area contributed by atoms with Crippen molar-refractivity contribution in [2.45, 2.75) is 37.5 Å². The third-order valence-electron chi connectivity index (χ3n) is 5.61.